The van der Waals surface area contributed by atoms with Crippen molar-refractivity contribution in [1.29, 1.82) is 0 Å². The number of fused-ring (bicyclic) bond motifs is 1. The van der Waals surface area contributed by atoms with Crippen LogP contribution in [0, 0.1) is 0 Å². The fourth-order valence-electron chi connectivity index (χ4n) is 3.55. The quantitative estimate of drug-likeness (QED) is 0.591. The number of sulfone groups is 1. The van der Waals surface area contributed by atoms with Crippen LogP contribution in [0.3, 0.4) is 0 Å². The SMILES string of the molecule is O=S(=O)(NC[C@@H](c1ccco1)S(=O)(=O)c1cccs1)c1ccc2c(c1)CCCC2. The van der Waals surface area contributed by atoms with Gasteiger partial charge in [-0.15, -0.1) is 11.3 Å². The molecule has 0 saturated heterocycles. The van der Waals surface area contributed by atoms with Gasteiger partial charge in [-0.25, -0.2) is 21.6 Å². The largest absolute Gasteiger partial charge is 0.468 e. The second kappa shape index (κ2) is 8.06. The van der Waals surface area contributed by atoms with Gasteiger partial charge in [-0.3, -0.25) is 0 Å². The molecule has 0 unspecified atom stereocenters. The smallest absolute Gasteiger partial charge is 0.240 e. The van der Waals surface area contributed by atoms with Crippen LogP contribution in [0.25, 0.3) is 0 Å². The Labute approximate surface area is 174 Å². The molecule has 2 heterocycles. The van der Waals surface area contributed by atoms with Gasteiger partial charge in [0.25, 0.3) is 0 Å². The number of sulfonamides is 1. The Kier molecular flexibility index (Phi) is 5.65. The molecule has 0 amide bonds. The molecule has 29 heavy (non-hydrogen) atoms. The molecule has 0 bridgehead atoms. The summed E-state index contributed by atoms with van der Waals surface area (Å²) in [6.07, 6.45) is 5.36. The predicted octanol–water partition coefficient (Wildman–Crippen LogP) is 3.71. The van der Waals surface area contributed by atoms with E-state index in [4.69, 9.17) is 4.42 Å². The maximum atomic E-state index is 13.1. The minimum absolute atomic E-state index is 0.157. The molecule has 6 nitrogen and oxygen atoms in total. The first-order chi connectivity index (χ1) is 13.9. The van der Waals surface area contributed by atoms with E-state index in [1.807, 2.05) is 6.07 Å². The maximum absolute atomic E-state index is 13.1. The van der Waals surface area contributed by atoms with E-state index in [2.05, 4.69) is 4.72 Å². The highest BCUT2D eigenvalue weighted by molar-refractivity contribution is 7.93. The van der Waals surface area contributed by atoms with Gasteiger partial charge in [-0.05, 0) is 72.5 Å². The molecule has 9 heteroatoms. The van der Waals surface area contributed by atoms with E-state index >= 15 is 0 Å². The average Bonchev–Trinajstić information content (AvgIpc) is 3.42. The second-order valence-electron chi connectivity index (χ2n) is 6.97. The molecule has 0 aliphatic heterocycles. The third-order valence-corrected chi connectivity index (χ3v) is 10.0. The van der Waals surface area contributed by atoms with Gasteiger partial charge in [0.1, 0.15) is 15.2 Å². The summed E-state index contributed by atoms with van der Waals surface area (Å²) >= 11 is 1.09. The number of rotatable bonds is 7. The van der Waals surface area contributed by atoms with Crippen LogP contribution in [0.1, 0.15) is 35.0 Å². The minimum atomic E-state index is -3.86. The van der Waals surface area contributed by atoms with Gasteiger partial charge in [0.2, 0.25) is 10.0 Å². The van der Waals surface area contributed by atoms with E-state index in [0.717, 1.165) is 42.6 Å². The van der Waals surface area contributed by atoms with Crippen molar-refractivity contribution in [1.82, 2.24) is 4.72 Å². The van der Waals surface area contributed by atoms with Crippen LogP contribution < -0.4 is 4.72 Å². The van der Waals surface area contributed by atoms with Gasteiger partial charge in [0.05, 0.1) is 11.2 Å². The van der Waals surface area contributed by atoms with Crippen molar-refractivity contribution < 1.29 is 21.3 Å². The van der Waals surface area contributed by atoms with Crippen LogP contribution in [-0.2, 0) is 32.7 Å². The summed E-state index contributed by atoms with van der Waals surface area (Å²) in [5.74, 6) is 0.201. The highest BCUT2D eigenvalue weighted by Crippen LogP contribution is 2.32. The lowest BCUT2D eigenvalue weighted by Crippen LogP contribution is -2.31. The van der Waals surface area contributed by atoms with Gasteiger partial charge < -0.3 is 4.42 Å². The minimum Gasteiger partial charge on any atom is -0.468 e. The van der Waals surface area contributed by atoms with Crippen LogP contribution in [0.2, 0.25) is 0 Å². The molecule has 0 spiro atoms. The zero-order valence-electron chi connectivity index (χ0n) is 15.6. The summed E-state index contributed by atoms with van der Waals surface area (Å²) in [6, 6.07) is 11.4. The van der Waals surface area contributed by atoms with Crippen molar-refractivity contribution in [2.45, 2.75) is 40.0 Å². The number of hydrogen-bond acceptors (Lipinski definition) is 6. The lowest BCUT2D eigenvalue weighted by atomic mass is 9.92. The van der Waals surface area contributed by atoms with Gasteiger partial charge >= 0.3 is 0 Å². The molecule has 0 saturated carbocycles. The molecule has 0 fully saturated rings. The topological polar surface area (TPSA) is 93.4 Å². The molecule has 1 atom stereocenters. The van der Waals surface area contributed by atoms with Gasteiger partial charge in [-0.1, -0.05) is 12.1 Å². The first kappa shape index (κ1) is 20.3. The van der Waals surface area contributed by atoms with E-state index in [0.29, 0.717) is 0 Å². The van der Waals surface area contributed by atoms with Gasteiger partial charge in [0, 0.05) is 6.54 Å². The van der Waals surface area contributed by atoms with Crippen molar-refractivity contribution in [3.63, 3.8) is 0 Å². The molecule has 1 aromatic carbocycles. The molecular formula is C20H21NO5S3. The fourth-order valence-corrected chi connectivity index (χ4v) is 7.54. The third kappa shape index (κ3) is 4.18. The molecule has 1 N–H and O–H groups in total. The van der Waals surface area contributed by atoms with Gasteiger partial charge in [-0.2, -0.15) is 0 Å². The summed E-state index contributed by atoms with van der Waals surface area (Å²) in [4.78, 5) is 0.157. The lowest BCUT2D eigenvalue weighted by molar-refractivity contribution is 0.487. The predicted molar refractivity (Wildman–Crippen MR) is 111 cm³/mol. The fraction of sp³-hybridized carbons (Fsp3) is 0.300. The number of aryl methyl sites for hydroxylation is 2. The molecule has 1 aliphatic rings. The first-order valence-electron chi connectivity index (χ1n) is 9.30. The van der Waals surface area contributed by atoms with Crippen molar-refractivity contribution in [3.05, 3.63) is 71.0 Å². The molecule has 2 aromatic heterocycles. The van der Waals surface area contributed by atoms with E-state index in [1.165, 1.54) is 17.9 Å². The van der Waals surface area contributed by atoms with E-state index in [1.54, 1.807) is 35.7 Å². The highest BCUT2D eigenvalue weighted by Gasteiger charge is 2.33. The van der Waals surface area contributed by atoms with Crippen LogP contribution >= 0.6 is 11.3 Å². The summed E-state index contributed by atoms with van der Waals surface area (Å²) in [6.45, 7) is -0.312. The molecule has 0 radical (unpaired) electrons. The average molecular weight is 452 g/mol. The molecule has 1 aliphatic carbocycles. The Morgan fingerprint density at radius 1 is 1.00 bits per heavy atom. The maximum Gasteiger partial charge on any atom is 0.240 e. The Morgan fingerprint density at radius 2 is 1.79 bits per heavy atom. The standard InChI is InChI=1S/C20H21NO5S3/c22-28(23,20-8-4-12-27-20)19(18-7-3-11-26-18)14-21-29(24,25)17-10-9-15-5-1-2-6-16(15)13-17/h3-4,7-13,19,21H,1-2,5-6,14H2/t19-/m0/s1. The first-order valence-corrected chi connectivity index (χ1v) is 13.2. The Hall–Kier alpha value is -1.94. The van der Waals surface area contributed by atoms with Crippen LogP contribution in [0.5, 0.6) is 0 Å². The second-order valence-corrected chi connectivity index (χ2v) is 12.0. The normalized spacial score (nSPS) is 15.7. The van der Waals surface area contributed by atoms with E-state index in [-0.39, 0.29) is 21.4 Å². The molecular weight excluding hydrogens is 430 g/mol. The summed E-state index contributed by atoms with van der Waals surface area (Å²) in [5.41, 5.74) is 2.23. The number of hydrogen-bond donors (Lipinski definition) is 1. The number of thiophene rings is 1. The van der Waals surface area contributed by atoms with Crippen LogP contribution in [-0.4, -0.2) is 23.4 Å². The van der Waals surface area contributed by atoms with Gasteiger partial charge in [0.15, 0.2) is 9.84 Å². The third-order valence-electron chi connectivity index (χ3n) is 5.10. The van der Waals surface area contributed by atoms with Crippen molar-refractivity contribution >= 4 is 31.2 Å². The number of furan rings is 1. The van der Waals surface area contributed by atoms with Crippen LogP contribution in [0.4, 0.5) is 0 Å². The number of benzene rings is 1. The van der Waals surface area contributed by atoms with Crippen molar-refractivity contribution in [2.24, 2.45) is 0 Å². The molecule has 3 aromatic rings. The van der Waals surface area contributed by atoms with E-state index < -0.39 is 25.1 Å². The molecule has 4 rings (SSSR count). The Morgan fingerprint density at radius 3 is 2.48 bits per heavy atom. The zero-order valence-corrected chi connectivity index (χ0v) is 18.0. The summed E-state index contributed by atoms with van der Waals surface area (Å²) in [7, 11) is -7.66. The highest BCUT2D eigenvalue weighted by atomic mass is 32.2. The molecule has 154 valence electrons. The van der Waals surface area contributed by atoms with Crippen molar-refractivity contribution in [2.75, 3.05) is 6.54 Å². The Bertz CT molecular complexity index is 1180. The number of nitrogens with one attached hydrogen (secondary N) is 1. The lowest BCUT2D eigenvalue weighted by Gasteiger charge is -2.18. The van der Waals surface area contributed by atoms with Crippen molar-refractivity contribution in [3.8, 4) is 0 Å². The Balaban J connectivity index is 1.60. The summed E-state index contributed by atoms with van der Waals surface area (Å²) in [5, 5.41) is 0.521. The van der Waals surface area contributed by atoms with E-state index in [9.17, 15) is 16.8 Å². The zero-order chi connectivity index (χ0) is 20.5. The summed E-state index contributed by atoms with van der Waals surface area (Å²) < 4.78 is 59.8. The van der Waals surface area contributed by atoms with Crippen LogP contribution in [0.15, 0.2) is 67.6 Å². The monoisotopic (exact) mass is 451 g/mol.